The molecule has 0 radical (unpaired) electrons. The number of para-hydroxylation sites is 2. The Labute approximate surface area is 348 Å². The van der Waals surface area contributed by atoms with Crippen LogP contribution in [0.1, 0.15) is 31.4 Å². The number of aromatic nitrogens is 5. The second-order valence-corrected chi connectivity index (χ2v) is 16.4. The van der Waals surface area contributed by atoms with Crippen molar-refractivity contribution in [2.45, 2.75) is 25.7 Å². The third kappa shape index (κ3) is 5.22. The molecule has 0 amide bonds. The lowest BCUT2D eigenvalue weighted by Gasteiger charge is -2.24. The van der Waals surface area contributed by atoms with Crippen molar-refractivity contribution in [1.82, 2.24) is 24.1 Å². The van der Waals surface area contributed by atoms with Crippen LogP contribution in [0.2, 0.25) is 0 Å². The molecule has 3 heterocycles. The summed E-state index contributed by atoms with van der Waals surface area (Å²) in [4.78, 5) is 15.6. The fourth-order valence-corrected chi connectivity index (χ4v) is 9.74. The first-order chi connectivity index (χ1) is 29.5. The quantitative estimate of drug-likeness (QED) is 0.175. The fraction of sp³-hybridized carbons (Fsp3) is 0.0727. The van der Waals surface area contributed by atoms with Gasteiger partial charge in [0, 0.05) is 43.8 Å². The van der Waals surface area contributed by atoms with Crippen molar-refractivity contribution in [3.05, 3.63) is 205 Å². The van der Waals surface area contributed by atoms with Crippen molar-refractivity contribution in [2.24, 2.45) is 0 Å². The molecule has 12 rings (SSSR count). The van der Waals surface area contributed by atoms with Crippen molar-refractivity contribution in [3.8, 4) is 45.5 Å². The monoisotopic (exact) mass is 769 g/mol. The van der Waals surface area contributed by atoms with E-state index in [-0.39, 0.29) is 5.41 Å². The van der Waals surface area contributed by atoms with Gasteiger partial charge in [-0.15, -0.1) is 0 Å². The minimum Gasteiger partial charge on any atom is -0.309 e. The van der Waals surface area contributed by atoms with Crippen LogP contribution in [0.25, 0.3) is 94.7 Å². The zero-order chi connectivity index (χ0) is 40.0. The van der Waals surface area contributed by atoms with Gasteiger partial charge < -0.3 is 4.57 Å². The van der Waals surface area contributed by atoms with Gasteiger partial charge in [0.05, 0.1) is 22.1 Å². The van der Waals surface area contributed by atoms with Crippen molar-refractivity contribution in [1.29, 1.82) is 0 Å². The average molecular weight is 770 g/mol. The van der Waals surface area contributed by atoms with Crippen molar-refractivity contribution < 1.29 is 0 Å². The van der Waals surface area contributed by atoms with E-state index in [2.05, 4.69) is 175 Å². The van der Waals surface area contributed by atoms with E-state index in [1.54, 1.807) is 0 Å². The summed E-state index contributed by atoms with van der Waals surface area (Å²) in [7, 11) is 0. The molecule has 5 heteroatoms. The highest BCUT2D eigenvalue weighted by Crippen LogP contribution is 2.51. The minimum absolute atomic E-state index is 0.151. The predicted molar refractivity (Wildman–Crippen MR) is 248 cm³/mol. The van der Waals surface area contributed by atoms with Gasteiger partial charge in [0.25, 0.3) is 0 Å². The van der Waals surface area contributed by atoms with Crippen LogP contribution in [0.5, 0.6) is 0 Å². The maximum atomic E-state index is 5.27. The molecule has 2 aliphatic rings. The largest absolute Gasteiger partial charge is 0.309 e. The topological polar surface area (TPSA) is 48.5 Å². The zero-order valence-corrected chi connectivity index (χ0v) is 33.3. The molecule has 5 nitrogen and oxygen atoms in total. The molecule has 0 N–H and O–H groups in total. The highest BCUT2D eigenvalue weighted by Gasteiger charge is 2.37. The van der Waals surface area contributed by atoms with Gasteiger partial charge in [-0.2, -0.15) is 9.97 Å². The molecule has 0 unspecified atom stereocenters. The first-order valence-electron chi connectivity index (χ1n) is 20.7. The Morgan fingerprint density at radius 2 is 1.03 bits per heavy atom. The molecule has 0 saturated heterocycles. The van der Waals surface area contributed by atoms with E-state index in [9.17, 15) is 0 Å². The summed E-state index contributed by atoms with van der Waals surface area (Å²) in [6.07, 6.45) is 9.87. The molecule has 2 aliphatic carbocycles. The van der Waals surface area contributed by atoms with Crippen LogP contribution in [-0.2, 0) is 5.41 Å². The third-order valence-electron chi connectivity index (χ3n) is 12.7. The van der Waals surface area contributed by atoms with Gasteiger partial charge in [0.2, 0.25) is 5.95 Å². The van der Waals surface area contributed by atoms with Crippen molar-refractivity contribution in [3.63, 3.8) is 0 Å². The van der Waals surface area contributed by atoms with Gasteiger partial charge in [0.1, 0.15) is 0 Å². The maximum Gasteiger partial charge on any atom is 0.238 e. The van der Waals surface area contributed by atoms with Crippen LogP contribution < -0.4 is 0 Å². The standard InChI is InChI=1S/C55H39N5/c1-55(2)46-25-14-6-13-23-40(46)42-33-45-44-32-38(37-27-29-49-43(31-37)41-24-15-16-26-48(41)59(49)39-21-11-5-12-22-39)28-30-50(44)60(51(45)34-47(42)55)54-57-52(35-17-7-3-8-18-35)56-53(58-54)36-19-9-4-10-20-36/h3-24,26-34H,25H2,1-2H3. The van der Waals surface area contributed by atoms with Gasteiger partial charge in [-0.25, -0.2) is 4.98 Å². The SMILES string of the molecule is CC1(C)C2=C(C=CC=CC2)c2cc3c4cc(-c5ccc6c(c5)c5ccccc5n6-c5ccccc5)ccc4n(-c4nc(-c5ccccc5)nc(-c5ccccc5)n4)c3cc21. The molecule has 10 aromatic rings. The lowest BCUT2D eigenvalue weighted by atomic mass is 9.79. The Morgan fingerprint density at radius 1 is 0.467 bits per heavy atom. The van der Waals surface area contributed by atoms with Gasteiger partial charge >= 0.3 is 0 Å². The zero-order valence-electron chi connectivity index (χ0n) is 33.3. The summed E-state index contributed by atoms with van der Waals surface area (Å²) in [5, 5.41) is 4.80. The van der Waals surface area contributed by atoms with E-state index in [1.165, 1.54) is 55.0 Å². The number of nitrogens with zero attached hydrogens (tertiary/aromatic N) is 5. The van der Waals surface area contributed by atoms with Crippen LogP contribution in [0, 0.1) is 0 Å². The third-order valence-corrected chi connectivity index (χ3v) is 12.7. The Bertz CT molecular complexity index is 3400. The van der Waals surface area contributed by atoms with E-state index in [4.69, 9.17) is 15.0 Å². The summed E-state index contributed by atoms with van der Waals surface area (Å²) in [6.45, 7) is 4.74. The van der Waals surface area contributed by atoms with Gasteiger partial charge in [-0.1, -0.05) is 147 Å². The predicted octanol–water partition coefficient (Wildman–Crippen LogP) is 13.6. The molecular weight excluding hydrogens is 731 g/mol. The number of allylic oxidation sites excluding steroid dienone is 6. The maximum absolute atomic E-state index is 5.27. The Kier molecular flexibility index (Phi) is 7.57. The fourth-order valence-electron chi connectivity index (χ4n) is 9.74. The van der Waals surface area contributed by atoms with Crippen LogP contribution in [0.3, 0.4) is 0 Å². The first kappa shape index (κ1) is 34.4. The van der Waals surface area contributed by atoms with Crippen LogP contribution in [0.15, 0.2) is 194 Å². The molecular formula is C55H39N5. The Balaban J connectivity index is 1.12. The van der Waals surface area contributed by atoms with E-state index in [1.807, 2.05) is 36.4 Å². The van der Waals surface area contributed by atoms with E-state index in [0.717, 1.165) is 45.2 Å². The van der Waals surface area contributed by atoms with E-state index < -0.39 is 0 Å². The summed E-state index contributed by atoms with van der Waals surface area (Å²) in [5.41, 5.74) is 15.1. The normalized spacial score (nSPS) is 14.4. The van der Waals surface area contributed by atoms with E-state index in [0.29, 0.717) is 17.6 Å². The summed E-state index contributed by atoms with van der Waals surface area (Å²) in [6, 6.07) is 58.4. The van der Waals surface area contributed by atoms with Gasteiger partial charge in [-0.05, 0) is 94.4 Å². The van der Waals surface area contributed by atoms with Crippen LogP contribution >= 0.6 is 0 Å². The summed E-state index contributed by atoms with van der Waals surface area (Å²) < 4.78 is 4.64. The van der Waals surface area contributed by atoms with E-state index >= 15 is 0 Å². The number of rotatable bonds is 5. The highest BCUT2D eigenvalue weighted by atomic mass is 15.2. The molecule has 60 heavy (non-hydrogen) atoms. The molecule has 3 aromatic heterocycles. The smallest absolute Gasteiger partial charge is 0.238 e. The second kappa shape index (κ2) is 13.2. The Morgan fingerprint density at radius 3 is 1.72 bits per heavy atom. The number of benzene rings is 7. The number of hydrogen-bond donors (Lipinski definition) is 0. The minimum atomic E-state index is -0.151. The van der Waals surface area contributed by atoms with Crippen LogP contribution in [-0.4, -0.2) is 24.1 Å². The van der Waals surface area contributed by atoms with Gasteiger partial charge in [-0.3, -0.25) is 4.57 Å². The van der Waals surface area contributed by atoms with Crippen LogP contribution in [0.4, 0.5) is 0 Å². The molecule has 0 fully saturated rings. The average Bonchev–Trinajstić information content (AvgIpc) is 3.76. The number of fused-ring (bicyclic) bond motifs is 8. The first-order valence-corrected chi connectivity index (χ1v) is 20.7. The lowest BCUT2D eigenvalue weighted by molar-refractivity contribution is 0.626. The molecule has 7 aromatic carbocycles. The van der Waals surface area contributed by atoms with Crippen molar-refractivity contribution in [2.75, 3.05) is 0 Å². The van der Waals surface area contributed by atoms with Gasteiger partial charge in [0.15, 0.2) is 11.6 Å². The molecule has 0 spiro atoms. The molecule has 0 aliphatic heterocycles. The van der Waals surface area contributed by atoms with Crippen molar-refractivity contribution >= 4 is 49.2 Å². The molecule has 0 saturated carbocycles. The number of hydrogen-bond acceptors (Lipinski definition) is 3. The molecule has 284 valence electrons. The Hall–Kier alpha value is -7.63. The summed E-state index contributed by atoms with van der Waals surface area (Å²) >= 11 is 0. The molecule has 0 atom stereocenters. The summed E-state index contributed by atoms with van der Waals surface area (Å²) in [5.74, 6) is 1.88. The second-order valence-electron chi connectivity index (χ2n) is 16.4. The molecule has 0 bridgehead atoms. The lowest BCUT2D eigenvalue weighted by Crippen LogP contribution is -2.17. The highest BCUT2D eigenvalue weighted by molar-refractivity contribution is 6.14.